The van der Waals surface area contributed by atoms with E-state index in [4.69, 9.17) is 16.7 Å². The summed E-state index contributed by atoms with van der Waals surface area (Å²) in [5, 5.41) is 9.14. The van der Waals surface area contributed by atoms with Gasteiger partial charge in [0, 0.05) is 24.0 Å². The molecule has 112 valence electrons. The lowest BCUT2D eigenvalue weighted by Crippen LogP contribution is -2.24. The summed E-state index contributed by atoms with van der Waals surface area (Å²) in [5.41, 5.74) is 0.773. The van der Waals surface area contributed by atoms with Gasteiger partial charge in [0.05, 0.1) is 10.5 Å². The second-order valence-electron chi connectivity index (χ2n) is 4.43. The van der Waals surface area contributed by atoms with E-state index in [2.05, 4.69) is 9.71 Å². The molecule has 0 aliphatic carbocycles. The summed E-state index contributed by atoms with van der Waals surface area (Å²) in [6, 6.07) is 4.20. The number of hydrogen-bond acceptors (Lipinski definition) is 3. The van der Waals surface area contributed by atoms with Crippen LogP contribution in [-0.4, -0.2) is 24.5 Å². The highest BCUT2D eigenvalue weighted by Crippen LogP contribution is 2.24. The van der Waals surface area contributed by atoms with Gasteiger partial charge in [0.2, 0.25) is 10.0 Å². The van der Waals surface area contributed by atoms with Gasteiger partial charge in [0.15, 0.2) is 0 Å². The highest BCUT2D eigenvalue weighted by atomic mass is 35.5. The fourth-order valence-corrected chi connectivity index (χ4v) is 3.47. The molecule has 0 atom stereocenters. The molecule has 0 radical (unpaired) electrons. The van der Waals surface area contributed by atoms with Crippen LogP contribution in [0.15, 0.2) is 35.5 Å². The van der Waals surface area contributed by atoms with Crippen LogP contribution < -0.4 is 4.72 Å². The first-order valence-corrected chi connectivity index (χ1v) is 7.82. The van der Waals surface area contributed by atoms with Gasteiger partial charge in [-0.2, -0.15) is 0 Å². The molecule has 0 fully saturated rings. The van der Waals surface area contributed by atoms with Crippen LogP contribution in [0, 0.1) is 6.92 Å². The van der Waals surface area contributed by atoms with Gasteiger partial charge < -0.3 is 10.1 Å². The van der Waals surface area contributed by atoms with Crippen LogP contribution in [0.4, 0.5) is 0 Å². The standard InChI is InChI=1S/C13H13ClN2O4S/c1-8-11(13(17)18)4-10(14)5-12(8)21(19,20)16-7-9-2-3-15-6-9/h2-6,15-16H,7H2,1H3,(H,17,18). The van der Waals surface area contributed by atoms with Gasteiger partial charge in [-0.05, 0) is 36.2 Å². The lowest BCUT2D eigenvalue weighted by molar-refractivity contribution is 0.0696. The topological polar surface area (TPSA) is 99.3 Å². The lowest BCUT2D eigenvalue weighted by Gasteiger charge is -2.11. The van der Waals surface area contributed by atoms with Crippen molar-refractivity contribution < 1.29 is 18.3 Å². The molecule has 0 bridgehead atoms. The molecule has 8 heteroatoms. The first-order valence-electron chi connectivity index (χ1n) is 5.96. The SMILES string of the molecule is Cc1c(C(=O)O)cc(Cl)cc1S(=O)(=O)NCc1cc[nH]c1. The molecule has 2 aromatic rings. The zero-order chi connectivity index (χ0) is 15.6. The second-order valence-corrected chi connectivity index (χ2v) is 6.60. The van der Waals surface area contributed by atoms with Crippen LogP contribution in [0.25, 0.3) is 0 Å². The maximum atomic E-state index is 12.3. The third-order valence-corrected chi connectivity index (χ3v) is 4.72. The number of aromatic nitrogens is 1. The first kappa shape index (κ1) is 15.6. The van der Waals surface area contributed by atoms with Crippen molar-refractivity contribution in [2.24, 2.45) is 0 Å². The molecule has 21 heavy (non-hydrogen) atoms. The van der Waals surface area contributed by atoms with Crippen molar-refractivity contribution in [3.8, 4) is 0 Å². The maximum Gasteiger partial charge on any atom is 0.336 e. The van der Waals surface area contributed by atoms with Gasteiger partial charge in [-0.3, -0.25) is 0 Å². The number of benzene rings is 1. The zero-order valence-corrected chi connectivity index (χ0v) is 12.6. The fraction of sp³-hybridized carbons (Fsp3) is 0.154. The van der Waals surface area contributed by atoms with Crippen molar-refractivity contribution in [2.75, 3.05) is 0 Å². The van der Waals surface area contributed by atoms with Crippen LogP contribution in [0.1, 0.15) is 21.5 Å². The quantitative estimate of drug-likeness (QED) is 0.783. The van der Waals surface area contributed by atoms with Gasteiger partial charge in [0.25, 0.3) is 0 Å². The summed E-state index contributed by atoms with van der Waals surface area (Å²) in [5.74, 6) is -1.22. The van der Waals surface area contributed by atoms with Crippen LogP contribution >= 0.6 is 11.6 Å². The Hall–Kier alpha value is -1.83. The van der Waals surface area contributed by atoms with Gasteiger partial charge in [-0.15, -0.1) is 0 Å². The number of halogens is 1. The molecule has 0 saturated carbocycles. The number of carboxylic acids is 1. The van der Waals surface area contributed by atoms with E-state index >= 15 is 0 Å². The minimum absolute atomic E-state index is 0.0556. The molecule has 0 unspecified atom stereocenters. The van der Waals surface area contributed by atoms with Crippen molar-refractivity contribution in [1.82, 2.24) is 9.71 Å². The number of carboxylic acid groups (broad SMARTS) is 1. The number of sulfonamides is 1. The molecular formula is C13H13ClN2O4S. The Bertz CT molecular complexity index is 770. The summed E-state index contributed by atoms with van der Waals surface area (Å²) in [6.07, 6.45) is 3.34. The summed E-state index contributed by atoms with van der Waals surface area (Å²) >= 11 is 5.81. The molecule has 0 saturated heterocycles. The van der Waals surface area contributed by atoms with E-state index in [1.54, 1.807) is 18.5 Å². The predicted octanol–water partition coefficient (Wildman–Crippen LogP) is 2.15. The number of aromatic amines is 1. The lowest BCUT2D eigenvalue weighted by atomic mass is 10.1. The largest absolute Gasteiger partial charge is 0.478 e. The molecule has 0 aliphatic rings. The number of rotatable bonds is 5. The molecule has 0 spiro atoms. The molecule has 1 heterocycles. The third kappa shape index (κ3) is 3.44. The fourth-order valence-electron chi connectivity index (χ4n) is 1.88. The average Bonchev–Trinajstić information content (AvgIpc) is 2.91. The Balaban J connectivity index is 2.37. The van der Waals surface area contributed by atoms with Crippen molar-refractivity contribution >= 4 is 27.6 Å². The molecule has 2 rings (SSSR count). The molecule has 1 aromatic heterocycles. The van der Waals surface area contributed by atoms with E-state index < -0.39 is 16.0 Å². The van der Waals surface area contributed by atoms with E-state index in [0.717, 1.165) is 5.56 Å². The highest BCUT2D eigenvalue weighted by molar-refractivity contribution is 7.89. The number of H-pyrrole nitrogens is 1. The van der Waals surface area contributed by atoms with E-state index in [1.807, 2.05) is 0 Å². The van der Waals surface area contributed by atoms with Crippen LogP contribution in [0.3, 0.4) is 0 Å². The number of hydrogen-bond donors (Lipinski definition) is 3. The van der Waals surface area contributed by atoms with E-state index in [-0.39, 0.29) is 27.6 Å². The van der Waals surface area contributed by atoms with Crippen molar-refractivity contribution in [1.29, 1.82) is 0 Å². The summed E-state index contributed by atoms with van der Waals surface area (Å²) in [6.45, 7) is 1.53. The average molecular weight is 329 g/mol. The third-order valence-electron chi connectivity index (χ3n) is 2.97. The number of aromatic carboxylic acids is 1. The molecular weight excluding hydrogens is 316 g/mol. The Morgan fingerprint density at radius 2 is 2.14 bits per heavy atom. The molecule has 6 nitrogen and oxygen atoms in total. The van der Waals surface area contributed by atoms with Crippen LogP contribution in [0.2, 0.25) is 5.02 Å². The van der Waals surface area contributed by atoms with Crippen LogP contribution in [0.5, 0.6) is 0 Å². The Labute approximate surface area is 126 Å². The van der Waals surface area contributed by atoms with Crippen molar-refractivity contribution in [2.45, 2.75) is 18.4 Å². The van der Waals surface area contributed by atoms with Gasteiger partial charge in [-0.1, -0.05) is 11.6 Å². The summed E-state index contributed by atoms with van der Waals surface area (Å²) < 4.78 is 27.0. The smallest absolute Gasteiger partial charge is 0.336 e. The van der Waals surface area contributed by atoms with E-state index in [1.165, 1.54) is 19.1 Å². The van der Waals surface area contributed by atoms with Crippen molar-refractivity contribution in [3.05, 3.63) is 52.3 Å². The van der Waals surface area contributed by atoms with E-state index in [0.29, 0.717) is 0 Å². The van der Waals surface area contributed by atoms with Gasteiger partial charge in [0.1, 0.15) is 0 Å². The second kappa shape index (κ2) is 5.88. The molecule has 0 aliphatic heterocycles. The molecule has 3 N–H and O–H groups in total. The maximum absolute atomic E-state index is 12.3. The minimum atomic E-state index is -3.86. The Morgan fingerprint density at radius 1 is 1.43 bits per heavy atom. The monoisotopic (exact) mass is 328 g/mol. The minimum Gasteiger partial charge on any atom is -0.478 e. The highest BCUT2D eigenvalue weighted by Gasteiger charge is 2.22. The summed E-state index contributed by atoms with van der Waals surface area (Å²) in [7, 11) is -3.86. The van der Waals surface area contributed by atoms with Crippen molar-refractivity contribution in [3.63, 3.8) is 0 Å². The first-order chi connectivity index (χ1) is 9.81. The van der Waals surface area contributed by atoms with E-state index in [9.17, 15) is 13.2 Å². The number of carbonyl (C=O) groups is 1. The molecule has 1 aromatic carbocycles. The Morgan fingerprint density at radius 3 is 2.71 bits per heavy atom. The Kier molecular flexibility index (Phi) is 4.36. The van der Waals surface area contributed by atoms with Crippen LogP contribution in [-0.2, 0) is 16.6 Å². The molecule has 0 amide bonds. The zero-order valence-electron chi connectivity index (χ0n) is 11.1. The predicted molar refractivity (Wildman–Crippen MR) is 78.0 cm³/mol. The normalized spacial score (nSPS) is 11.5. The number of nitrogens with one attached hydrogen (secondary N) is 2. The van der Waals surface area contributed by atoms with Gasteiger partial charge >= 0.3 is 5.97 Å². The summed E-state index contributed by atoms with van der Waals surface area (Å²) in [4.78, 5) is 13.8. The van der Waals surface area contributed by atoms with Gasteiger partial charge in [-0.25, -0.2) is 17.9 Å².